The van der Waals surface area contributed by atoms with Crippen molar-refractivity contribution in [1.29, 1.82) is 0 Å². The van der Waals surface area contributed by atoms with Gasteiger partial charge in [-0.3, -0.25) is 0 Å². The molecule has 0 atom stereocenters. The largest absolute Gasteiger partial charge is 0.461 e. The minimum atomic E-state index is -0.292. The predicted octanol–water partition coefficient (Wildman–Crippen LogP) is 3.74. The van der Waals surface area contributed by atoms with Crippen molar-refractivity contribution in [2.75, 3.05) is 6.61 Å². The number of hydrogen-bond acceptors (Lipinski definition) is 2. The summed E-state index contributed by atoms with van der Waals surface area (Å²) in [5.74, 6) is 0.421. The highest BCUT2D eigenvalue weighted by Gasteiger charge is 2.24. The first-order chi connectivity index (χ1) is 9.29. The summed E-state index contributed by atoms with van der Waals surface area (Å²) in [6, 6.07) is 10.4. The monoisotopic (exact) mass is 255 g/mol. The van der Waals surface area contributed by atoms with Gasteiger partial charge in [0.05, 0.1) is 6.61 Å². The van der Waals surface area contributed by atoms with Gasteiger partial charge in [0.15, 0.2) is 0 Å². The third kappa shape index (κ3) is 2.41. The van der Waals surface area contributed by atoms with Gasteiger partial charge >= 0.3 is 5.97 Å². The second kappa shape index (κ2) is 4.92. The highest BCUT2D eigenvalue weighted by atomic mass is 16.5. The number of H-pyrrole nitrogens is 1. The van der Waals surface area contributed by atoms with Gasteiger partial charge in [-0.1, -0.05) is 24.3 Å². The van der Waals surface area contributed by atoms with Crippen LogP contribution in [0.5, 0.6) is 0 Å². The molecule has 0 radical (unpaired) electrons. The summed E-state index contributed by atoms with van der Waals surface area (Å²) in [5, 5.41) is 0. The normalized spacial score (nSPS) is 14.4. The van der Waals surface area contributed by atoms with Gasteiger partial charge in [-0.25, -0.2) is 4.79 Å². The van der Waals surface area contributed by atoms with E-state index in [1.807, 2.05) is 19.1 Å². The fourth-order valence-electron chi connectivity index (χ4n) is 2.36. The number of aromatic nitrogens is 1. The molecule has 0 aliphatic heterocycles. The van der Waals surface area contributed by atoms with Crippen molar-refractivity contribution < 1.29 is 9.53 Å². The number of carbonyl (C=O) groups is 1. The molecule has 1 aliphatic rings. The molecule has 1 aromatic carbocycles. The van der Waals surface area contributed by atoms with Crippen LogP contribution in [0.4, 0.5) is 0 Å². The second-order valence-corrected chi connectivity index (χ2v) is 4.89. The number of nitrogens with one attached hydrogen (secondary N) is 1. The van der Waals surface area contributed by atoms with Crippen LogP contribution in [0.3, 0.4) is 0 Å². The number of hydrogen-bond donors (Lipinski definition) is 1. The molecule has 1 heterocycles. The Morgan fingerprint density at radius 2 is 2.21 bits per heavy atom. The van der Waals surface area contributed by atoms with Crippen LogP contribution in [0.1, 0.15) is 41.7 Å². The van der Waals surface area contributed by atoms with Gasteiger partial charge in [0.1, 0.15) is 5.69 Å². The Hall–Kier alpha value is -2.03. The number of ether oxygens (including phenoxy) is 1. The lowest BCUT2D eigenvalue weighted by atomic mass is 10.0. The minimum Gasteiger partial charge on any atom is -0.461 e. The Bertz CT molecular complexity index is 596. The molecule has 0 amide bonds. The smallest absolute Gasteiger partial charge is 0.355 e. The highest BCUT2D eigenvalue weighted by molar-refractivity contribution is 5.95. The van der Waals surface area contributed by atoms with E-state index in [1.165, 1.54) is 18.4 Å². The Morgan fingerprint density at radius 1 is 1.37 bits per heavy atom. The molecule has 1 fully saturated rings. The lowest BCUT2D eigenvalue weighted by Crippen LogP contribution is -2.06. The Kier molecular flexibility index (Phi) is 3.11. The van der Waals surface area contributed by atoms with Gasteiger partial charge < -0.3 is 9.72 Å². The lowest BCUT2D eigenvalue weighted by molar-refractivity contribution is 0.0521. The van der Waals surface area contributed by atoms with E-state index in [1.54, 1.807) is 6.20 Å². The summed E-state index contributed by atoms with van der Waals surface area (Å²) in [6.45, 7) is 2.20. The van der Waals surface area contributed by atoms with Gasteiger partial charge in [-0.15, -0.1) is 0 Å². The summed E-state index contributed by atoms with van der Waals surface area (Å²) >= 11 is 0. The number of rotatable bonds is 4. The molecule has 0 bridgehead atoms. The van der Waals surface area contributed by atoms with Crippen LogP contribution in [0.2, 0.25) is 0 Å². The van der Waals surface area contributed by atoms with Crippen molar-refractivity contribution in [2.45, 2.75) is 25.7 Å². The van der Waals surface area contributed by atoms with Crippen molar-refractivity contribution in [3.8, 4) is 11.1 Å². The molecule has 19 heavy (non-hydrogen) atoms. The van der Waals surface area contributed by atoms with Crippen molar-refractivity contribution in [1.82, 2.24) is 4.98 Å². The lowest BCUT2D eigenvalue weighted by Gasteiger charge is -2.06. The third-order valence-corrected chi connectivity index (χ3v) is 3.47. The van der Waals surface area contributed by atoms with E-state index in [0.717, 1.165) is 11.1 Å². The zero-order valence-electron chi connectivity index (χ0n) is 11.0. The van der Waals surface area contributed by atoms with Crippen LogP contribution in [0.25, 0.3) is 11.1 Å². The van der Waals surface area contributed by atoms with Crippen LogP contribution >= 0.6 is 0 Å². The Labute approximate surface area is 112 Å². The van der Waals surface area contributed by atoms with Gasteiger partial charge in [-0.2, -0.15) is 0 Å². The van der Waals surface area contributed by atoms with Gasteiger partial charge in [-0.05, 0) is 42.9 Å². The summed E-state index contributed by atoms with van der Waals surface area (Å²) in [6.07, 6.45) is 4.34. The molecule has 98 valence electrons. The minimum absolute atomic E-state index is 0.292. The van der Waals surface area contributed by atoms with Gasteiger partial charge in [0.2, 0.25) is 0 Å². The van der Waals surface area contributed by atoms with E-state index in [2.05, 4.69) is 23.2 Å². The Morgan fingerprint density at radius 3 is 2.95 bits per heavy atom. The quantitative estimate of drug-likeness (QED) is 0.846. The molecular weight excluding hydrogens is 238 g/mol. The fraction of sp³-hybridized carbons (Fsp3) is 0.312. The van der Waals surface area contributed by atoms with Crippen molar-refractivity contribution >= 4 is 5.97 Å². The summed E-state index contributed by atoms with van der Waals surface area (Å²) < 4.78 is 5.07. The van der Waals surface area contributed by atoms with Crippen molar-refractivity contribution in [2.24, 2.45) is 0 Å². The molecule has 3 nitrogen and oxygen atoms in total. The molecule has 1 aromatic heterocycles. The molecule has 0 saturated heterocycles. The standard InChI is InChI=1S/C16H17NO2/c1-2-19-16(18)15-14(8-9-17-15)13-5-3-4-12(10-13)11-6-7-11/h3-5,8-11,17H,2,6-7H2,1H3. The maximum absolute atomic E-state index is 11.9. The topological polar surface area (TPSA) is 42.1 Å². The summed E-state index contributed by atoms with van der Waals surface area (Å²) in [7, 11) is 0. The summed E-state index contributed by atoms with van der Waals surface area (Å²) in [5.41, 5.74) is 3.90. The molecule has 0 unspecified atom stereocenters. The first-order valence-electron chi connectivity index (χ1n) is 6.74. The van der Waals surface area contributed by atoms with E-state index in [9.17, 15) is 4.79 Å². The van der Waals surface area contributed by atoms with Crippen LogP contribution in [-0.4, -0.2) is 17.6 Å². The molecule has 1 N–H and O–H groups in total. The average Bonchev–Trinajstić information content (AvgIpc) is 3.16. The van der Waals surface area contributed by atoms with Crippen LogP contribution in [-0.2, 0) is 4.74 Å². The number of carbonyl (C=O) groups excluding carboxylic acids is 1. The van der Waals surface area contributed by atoms with Crippen molar-refractivity contribution in [3.05, 3.63) is 47.8 Å². The third-order valence-electron chi connectivity index (χ3n) is 3.47. The number of esters is 1. The number of aromatic amines is 1. The maximum Gasteiger partial charge on any atom is 0.355 e. The molecule has 3 rings (SSSR count). The first kappa shape index (κ1) is 12.0. The molecule has 1 saturated carbocycles. The zero-order chi connectivity index (χ0) is 13.2. The molecule has 2 aromatic rings. The van der Waals surface area contributed by atoms with E-state index in [0.29, 0.717) is 18.2 Å². The molecular formula is C16H17NO2. The molecule has 0 spiro atoms. The van der Waals surface area contributed by atoms with Crippen LogP contribution in [0, 0.1) is 0 Å². The second-order valence-electron chi connectivity index (χ2n) is 4.89. The van der Waals surface area contributed by atoms with E-state index in [4.69, 9.17) is 4.74 Å². The van der Waals surface area contributed by atoms with Crippen molar-refractivity contribution in [3.63, 3.8) is 0 Å². The van der Waals surface area contributed by atoms with Crippen LogP contribution < -0.4 is 0 Å². The van der Waals surface area contributed by atoms with Crippen LogP contribution in [0.15, 0.2) is 36.5 Å². The number of benzene rings is 1. The zero-order valence-corrected chi connectivity index (χ0v) is 11.0. The molecule has 1 aliphatic carbocycles. The fourth-order valence-corrected chi connectivity index (χ4v) is 2.36. The maximum atomic E-state index is 11.9. The van der Waals surface area contributed by atoms with Gasteiger partial charge in [0.25, 0.3) is 0 Å². The first-order valence-corrected chi connectivity index (χ1v) is 6.74. The van der Waals surface area contributed by atoms with E-state index in [-0.39, 0.29) is 5.97 Å². The van der Waals surface area contributed by atoms with Gasteiger partial charge in [0, 0.05) is 11.8 Å². The predicted molar refractivity (Wildman–Crippen MR) is 74.2 cm³/mol. The molecule has 3 heteroatoms. The SMILES string of the molecule is CCOC(=O)c1[nH]ccc1-c1cccc(C2CC2)c1. The summed E-state index contributed by atoms with van der Waals surface area (Å²) in [4.78, 5) is 14.9. The van der Waals surface area contributed by atoms with E-state index >= 15 is 0 Å². The Balaban J connectivity index is 1.95. The average molecular weight is 255 g/mol. The highest BCUT2D eigenvalue weighted by Crippen LogP contribution is 2.41. The van der Waals surface area contributed by atoms with E-state index < -0.39 is 0 Å².